The van der Waals surface area contributed by atoms with E-state index in [-0.39, 0.29) is 17.7 Å². The molecule has 9 heteroatoms. The number of hydrogen-bond donors (Lipinski definition) is 1. The summed E-state index contributed by atoms with van der Waals surface area (Å²) < 4.78 is 29.8. The molecule has 4 rings (SSSR count). The van der Waals surface area contributed by atoms with Crippen molar-refractivity contribution in [1.29, 1.82) is 0 Å². The highest BCUT2D eigenvalue weighted by Gasteiger charge is 2.46. The fraction of sp³-hybridized carbons (Fsp3) is 0.192. The number of ketones is 1. The SMILES string of the molecule is COc1cc(C2/C(=C(\O)c3ccc(F)cc3)C(=O)C(=O)N2Cc2cccnc2)cc(OC)c1OC. The number of ether oxygens (including phenoxy) is 3. The summed E-state index contributed by atoms with van der Waals surface area (Å²) in [6.07, 6.45) is 3.19. The van der Waals surface area contributed by atoms with Crippen LogP contribution in [0.25, 0.3) is 5.76 Å². The average molecular weight is 478 g/mol. The lowest BCUT2D eigenvalue weighted by molar-refractivity contribution is -0.140. The minimum Gasteiger partial charge on any atom is -0.507 e. The first kappa shape index (κ1) is 23.7. The van der Waals surface area contributed by atoms with Gasteiger partial charge in [0.2, 0.25) is 5.75 Å². The molecule has 35 heavy (non-hydrogen) atoms. The third-order valence-corrected chi connectivity index (χ3v) is 5.74. The number of aliphatic hydroxyl groups is 1. The van der Waals surface area contributed by atoms with E-state index in [4.69, 9.17) is 14.2 Å². The van der Waals surface area contributed by atoms with Gasteiger partial charge >= 0.3 is 0 Å². The van der Waals surface area contributed by atoms with Crippen molar-refractivity contribution in [2.45, 2.75) is 12.6 Å². The Morgan fingerprint density at radius 1 is 1.03 bits per heavy atom. The maximum absolute atomic E-state index is 13.5. The molecule has 0 radical (unpaired) electrons. The van der Waals surface area contributed by atoms with Crippen molar-refractivity contribution in [3.63, 3.8) is 0 Å². The van der Waals surface area contributed by atoms with Crippen LogP contribution in [0.3, 0.4) is 0 Å². The predicted octanol–water partition coefficient (Wildman–Crippen LogP) is 3.87. The van der Waals surface area contributed by atoms with Gasteiger partial charge in [-0.15, -0.1) is 0 Å². The third-order valence-electron chi connectivity index (χ3n) is 5.74. The number of benzene rings is 2. The van der Waals surface area contributed by atoms with Gasteiger partial charge in [0.1, 0.15) is 11.6 Å². The lowest BCUT2D eigenvalue weighted by Gasteiger charge is -2.26. The molecule has 0 spiro atoms. The van der Waals surface area contributed by atoms with Crippen LogP contribution in [-0.4, -0.2) is 48.0 Å². The molecule has 2 heterocycles. The van der Waals surface area contributed by atoms with Gasteiger partial charge in [0, 0.05) is 24.5 Å². The fourth-order valence-electron chi connectivity index (χ4n) is 4.10. The van der Waals surface area contributed by atoms with Crippen LogP contribution in [0.15, 0.2) is 66.5 Å². The molecular weight excluding hydrogens is 455 g/mol. The number of aromatic nitrogens is 1. The molecule has 0 bridgehead atoms. The molecule has 3 aromatic rings. The zero-order valence-corrected chi connectivity index (χ0v) is 19.3. The molecule has 8 nitrogen and oxygen atoms in total. The standard InChI is InChI=1S/C26H23FN2O6/c1-33-19-11-17(12-20(34-2)25(19)35-3)22-21(23(30)16-6-8-18(27)9-7-16)24(31)26(32)29(22)14-15-5-4-10-28-13-15/h4-13,22,30H,14H2,1-3H3/b23-21+. The van der Waals surface area contributed by atoms with Gasteiger partial charge in [-0.25, -0.2) is 4.39 Å². The summed E-state index contributed by atoms with van der Waals surface area (Å²) in [6, 6.07) is 10.7. The highest BCUT2D eigenvalue weighted by Crippen LogP contribution is 2.46. The molecule has 1 aromatic heterocycles. The smallest absolute Gasteiger partial charge is 0.295 e. The number of Topliss-reactive ketones (excluding diaryl/α,β-unsaturated/α-hetero) is 1. The second-order valence-corrected chi connectivity index (χ2v) is 7.75. The van der Waals surface area contributed by atoms with Crippen LogP contribution in [-0.2, 0) is 16.1 Å². The first-order valence-electron chi connectivity index (χ1n) is 10.6. The molecule has 180 valence electrons. The van der Waals surface area contributed by atoms with E-state index in [0.29, 0.717) is 28.4 Å². The highest BCUT2D eigenvalue weighted by atomic mass is 19.1. The van der Waals surface area contributed by atoms with Gasteiger partial charge in [0.25, 0.3) is 11.7 Å². The molecule has 0 saturated carbocycles. The normalized spacial score (nSPS) is 16.9. The zero-order valence-electron chi connectivity index (χ0n) is 19.3. The number of pyridine rings is 1. The predicted molar refractivity (Wildman–Crippen MR) is 125 cm³/mol. The number of amides is 1. The minimum atomic E-state index is -0.992. The molecule has 1 aliphatic heterocycles. The quantitative estimate of drug-likeness (QED) is 0.313. The maximum Gasteiger partial charge on any atom is 0.295 e. The van der Waals surface area contributed by atoms with Crippen LogP contribution < -0.4 is 14.2 Å². The molecular formula is C26H23FN2O6. The lowest BCUT2D eigenvalue weighted by Crippen LogP contribution is -2.29. The summed E-state index contributed by atoms with van der Waals surface area (Å²) in [4.78, 5) is 31.8. The Labute approximate surface area is 201 Å². The van der Waals surface area contributed by atoms with E-state index in [0.717, 1.165) is 12.1 Å². The Balaban J connectivity index is 1.94. The zero-order chi connectivity index (χ0) is 25.1. The Hall–Kier alpha value is -4.40. The minimum absolute atomic E-state index is 0.0555. The van der Waals surface area contributed by atoms with Gasteiger partial charge in [-0.1, -0.05) is 6.07 Å². The van der Waals surface area contributed by atoms with E-state index in [1.165, 1.54) is 38.4 Å². The van der Waals surface area contributed by atoms with Crippen LogP contribution in [0.2, 0.25) is 0 Å². The number of aliphatic hydroxyl groups excluding tert-OH is 1. The van der Waals surface area contributed by atoms with Crippen molar-refractivity contribution in [2.75, 3.05) is 21.3 Å². The largest absolute Gasteiger partial charge is 0.507 e. The third kappa shape index (κ3) is 4.40. The van der Waals surface area contributed by atoms with E-state index in [1.807, 2.05) is 0 Å². The van der Waals surface area contributed by atoms with Gasteiger partial charge in [-0.2, -0.15) is 0 Å². The van der Waals surface area contributed by atoms with Crippen LogP contribution in [0.4, 0.5) is 4.39 Å². The number of nitrogens with zero attached hydrogens (tertiary/aromatic N) is 2. The van der Waals surface area contributed by atoms with Crippen LogP contribution in [0, 0.1) is 5.82 Å². The average Bonchev–Trinajstić information content (AvgIpc) is 3.13. The summed E-state index contributed by atoms with van der Waals surface area (Å²) in [7, 11) is 4.36. The molecule has 1 unspecified atom stereocenters. The summed E-state index contributed by atoms with van der Waals surface area (Å²) in [5.41, 5.74) is 1.20. The molecule has 1 amide bonds. The Morgan fingerprint density at radius 3 is 2.23 bits per heavy atom. The van der Waals surface area contributed by atoms with E-state index in [2.05, 4.69) is 4.98 Å². The fourth-order valence-corrected chi connectivity index (χ4v) is 4.10. The van der Waals surface area contributed by atoms with E-state index in [1.54, 1.807) is 36.7 Å². The van der Waals surface area contributed by atoms with Crippen LogP contribution >= 0.6 is 0 Å². The molecule has 1 saturated heterocycles. The van der Waals surface area contributed by atoms with Crippen molar-refractivity contribution >= 4 is 17.4 Å². The highest BCUT2D eigenvalue weighted by molar-refractivity contribution is 6.46. The number of rotatable bonds is 7. The van der Waals surface area contributed by atoms with E-state index in [9.17, 15) is 19.1 Å². The van der Waals surface area contributed by atoms with Crippen LogP contribution in [0.1, 0.15) is 22.7 Å². The monoisotopic (exact) mass is 478 g/mol. The van der Waals surface area contributed by atoms with Crippen molar-refractivity contribution < 1.29 is 33.3 Å². The van der Waals surface area contributed by atoms with E-state index >= 15 is 0 Å². The molecule has 1 N–H and O–H groups in total. The second kappa shape index (κ2) is 9.84. The number of halogens is 1. The molecule has 1 fully saturated rings. The lowest BCUT2D eigenvalue weighted by atomic mass is 9.94. The molecule has 1 aliphatic rings. The van der Waals surface area contributed by atoms with Crippen molar-refractivity contribution in [3.8, 4) is 17.2 Å². The number of carbonyl (C=O) groups excluding carboxylic acids is 2. The number of methoxy groups -OCH3 is 3. The van der Waals surface area contributed by atoms with E-state index < -0.39 is 29.3 Å². The maximum atomic E-state index is 13.5. The Morgan fingerprint density at radius 2 is 1.69 bits per heavy atom. The number of carbonyl (C=O) groups is 2. The molecule has 1 atom stereocenters. The Kier molecular flexibility index (Phi) is 6.68. The van der Waals surface area contributed by atoms with Gasteiger partial charge in [0.05, 0.1) is 32.9 Å². The summed E-state index contributed by atoms with van der Waals surface area (Å²) >= 11 is 0. The topological polar surface area (TPSA) is 98.2 Å². The van der Waals surface area contributed by atoms with Gasteiger partial charge in [0.15, 0.2) is 11.5 Å². The van der Waals surface area contributed by atoms with Gasteiger partial charge in [-0.3, -0.25) is 14.6 Å². The number of hydrogen-bond acceptors (Lipinski definition) is 7. The Bertz CT molecular complexity index is 1270. The first-order valence-corrected chi connectivity index (χ1v) is 10.6. The van der Waals surface area contributed by atoms with Crippen molar-refractivity contribution in [3.05, 3.63) is 89.0 Å². The van der Waals surface area contributed by atoms with Crippen molar-refractivity contribution in [1.82, 2.24) is 9.88 Å². The van der Waals surface area contributed by atoms with Gasteiger partial charge < -0.3 is 24.2 Å². The first-order chi connectivity index (χ1) is 16.9. The van der Waals surface area contributed by atoms with Crippen molar-refractivity contribution in [2.24, 2.45) is 0 Å². The summed E-state index contributed by atoms with van der Waals surface area (Å²) in [5, 5.41) is 11.1. The molecule has 0 aliphatic carbocycles. The summed E-state index contributed by atoms with van der Waals surface area (Å²) in [5.74, 6) is -1.62. The van der Waals surface area contributed by atoms with Crippen LogP contribution in [0.5, 0.6) is 17.2 Å². The molecule has 2 aromatic carbocycles. The number of likely N-dealkylation sites (tertiary alicyclic amines) is 1. The summed E-state index contributed by atoms with van der Waals surface area (Å²) in [6.45, 7) is 0.0555. The second-order valence-electron chi connectivity index (χ2n) is 7.75. The van der Waals surface area contributed by atoms with Gasteiger partial charge in [-0.05, 0) is 53.6 Å².